The zero-order valence-corrected chi connectivity index (χ0v) is 13.1. The van der Waals surface area contributed by atoms with E-state index in [-0.39, 0.29) is 23.5 Å². The van der Waals surface area contributed by atoms with Crippen molar-refractivity contribution in [3.8, 4) is 0 Å². The minimum Gasteiger partial charge on any atom is -0.396 e. The Hall–Kier alpha value is -0.940. The number of piperidine rings is 1. The quantitative estimate of drug-likeness (QED) is 0.915. The molecule has 1 aliphatic rings. The van der Waals surface area contributed by atoms with E-state index in [9.17, 15) is 14.3 Å². The van der Waals surface area contributed by atoms with E-state index in [1.165, 1.54) is 6.07 Å². The van der Waals surface area contributed by atoms with E-state index in [0.29, 0.717) is 17.6 Å². The van der Waals surface area contributed by atoms with Crippen LogP contribution in [-0.4, -0.2) is 35.6 Å². The Morgan fingerprint density at radius 1 is 1.45 bits per heavy atom. The summed E-state index contributed by atoms with van der Waals surface area (Å²) in [5.74, 6) is -0.781. The van der Waals surface area contributed by atoms with Crippen LogP contribution >= 0.6 is 15.9 Å². The molecular formula is C15H19BrFNO2. The normalized spacial score (nSPS) is 18.1. The zero-order chi connectivity index (χ0) is 14.8. The fourth-order valence-electron chi connectivity index (χ4n) is 2.67. The Balaban J connectivity index is 2.13. The van der Waals surface area contributed by atoms with Crippen molar-refractivity contribution >= 4 is 21.8 Å². The lowest BCUT2D eigenvalue weighted by Gasteiger charge is -2.40. The van der Waals surface area contributed by atoms with Crippen LogP contribution in [-0.2, 0) is 0 Å². The Labute approximate surface area is 126 Å². The molecule has 1 heterocycles. The van der Waals surface area contributed by atoms with E-state index in [4.69, 9.17) is 0 Å². The molecule has 3 nitrogen and oxygen atoms in total. The predicted molar refractivity (Wildman–Crippen MR) is 79.0 cm³/mol. The molecule has 1 fully saturated rings. The van der Waals surface area contributed by atoms with Gasteiger partial charge in [0.25, 0.3) is 5.91 Å². The molecule has 2 rings (SSSR count). The molecule has 0 radical (unpaired) electrons. The molecule has 1 amide bonds. The van der Waals surface area contributed by atoms with Crippen LogP contribution in [0, 0.1) is 11.2 Å². The third kappa shape index (κ3) is 2.88. The number of aliphatic hydroxyl groups is 1. The second-order valence-electron chi connectivity index (χ2n) is 5.40. The number of amides is 1. The molecule has 0 spiro atoms. The average Bonchev–Trinajstić information content (AvgIpc) is 2.47. The number of aliphatic hydroxyl groups excluding tert-OH is 1. The highest BCUT2D eigenvalue weighted by Crippen LogP contribution is 2.35. The van der Waals surface area contributed by atoms with Crippen molar-refractivity contribution in [1.29, 1.82) is 0 Å². The van der Waals surface area contributed by atoms with Crippen LogP contribution in [0.15, 0.2) is 22.7 Å². The first-order chi connectivity index (χ1) is 9.53. The van der Waals surface area contributed by atoms with Crippen molar-refractivity contribution < 1.29 is 14.3 Å². The van der Waals surface area contributed by atoms with Crippen LogP contribution in [0.3, 0.4) is 0 Å². The van der Waals surface area contributed by atoms with E-state index < -0.39 is 5.82 Å². The van der Waals surface area contributed by atoms with Crippen molar-refractivity contribution in [3.05, 3.63) is 34.1 Å². The predicted octanol–water partition coefficient (Wildman–Crippen LogP) is 3.21. The number of nitrogens with zero attached hydrogens (tertiary/aromatic N) is 1. The summed E-state index contributed by atoms with van der Waals surface area (Å²) in [7, 11) is 0. The van der Waals surface area contributed by atoms with Crippen LogP contribution in [0.4, 0.5) is 4.39 Å². The number of carbonyl (C=O) groups is 1. The van der Waals surface area contributed by atoms with Crippen molar-refractivity contribution in [2.24, 2.45) is 5.41 Å². The molecule has 0 aromatic heterocycles. The van der Waals surface area contributed by atoms with E-state index >= 15 is 0 Å². The van der Waals surface area contributed by atoms with Gasteiger partial charge in [-0.3, -0.25) is 4.79 Å². The average molecular weight is 344 g/mol. The third-order valence-electron chi connectivity index (χ3n) is 4.37. The van der Waals surface area contributed by atoms with Gasteiger partial charge in [0, 0.05) is 24.2 Å². The zero-order valence-electron chi connectivity index (χ0n) is 11.5. The van der Waals surface area contributed by atoms with Gasteiger partial charge >= 0.3 is 0 Å². The van der Waals surface area contributed by atoms with Gasteiger partial charge in [-0.1, -0.05) is 13.0 Å². The molecule has 0 aliphatic carbocycles. The molecule has 0 saturated carbocycles. The van der Waals surface area contributed by atoms with E-state index in [1.54, 1.807) is 17.0 Å². The lowest BCUT2D eigenvalue weighted by molar-refractivity contribution is 0.0335. The number of halogens is 2. The number of carbonyl (C=O) groups excluding carboxylic acids is 1. The molecule has 1 aromatic rings. The molecule has 1 aliphatic heterocycles. The van der Waals surface area contributed by atoms with Gasteiger partial charge in [-0.05, 0) is 52.7 Å². The Kier molecular flexibility index (Phi) is 4.81. The smallest absolute Gasteiger partial charge is 0.257 e. The van der Waals surface area contributed by atoms with E-state index in [2.05, 4.69) is 22.9 Å². The van der Waals surface area contributed by atoms with Gasteiger partial charge in [-0.25, -0.2) is 4.39 Å². The molecule has 1 aromatic carbocycles. The highest BCUT2D eigenvalue weighted by molar-refractivity contribution is 9.10. The Bertz CT molecular complexity index is 472. The van der Waals surface area contributed by atoms with Gasteiger partial charge in [0.05, 0.1) is 5.56 Å². The standard InChI is InChI=1S/C15H19BrFNO2/c1-2-15(10-19)6-8-18(9-7-15)14(20)13-11(16)4-3-5-12(13)17/h3-5,19H,2,6-10H2,1H3. The Morgan fingerprint density at radius 3 is 2.60 bits per heavy atom. The topological polar surface area (TPSA) is 40.5 Å². The molecule has 110 valence electrons. The largest absolute Gasteiger partial charge is 0.396 e. The van der Waals surface area contributed by atoms with Crippen LogP contribution in [0.1, 0.15) is 36.5 Å². The van der Waals surface area contributed by atoms with Gasteiger partial charge < -0.3 is 10.0 Å². The summed E-state index contributed by atoms with van der Waals surface area (Å²) in [6.45, 7) is 3.33. The van der Waals surface area contributed by atoms with E-state index in [1.807, 2.05) is 0 Å². The molecule has 5 heteroatoms. The van der Waals surface area contributed by atoms with Gasteiger partial charge in [-0.2, -0.15) is 0 Å². The Morgan fingerprint density at radius 2 is 2.10 bits per heavy atom. The number of rotatable bonds is 3. The molecule has 0 bridgehead atoms. The van der Waals surface area contributed by atoms with Crippen LogP contribution in [0.25, 0.3) is 0 Å². The summed E-state index contributed by atoms with van der Waals surface area (Å²) < 4.78 is 14.3. The second kappa shape index (κ2) is 6.22. The number of benzene rings is 1. The van der Waals surface area contributed by atoms with Crippen molar-refractivity contribution in [2.75, 3.05) is 19.7 Å². The summed E-state index contributed by atoms with van der Waals surface area (Å²) in [6.07, 6.45) is 2.42. The molecule has 1 saturated heterocycles. The SMILES string of the molecule is CCC1(CO)CCN(C(=O)c2c(F)cccc2Br)CC1. The van der Waals surface area contributed by atoms with Crippen LogP contribution < -0.4 is 0 Å². The van der Waals surface area contributed by atoms with Gasteiger partial charge in [-0.15, -0.1) is 0 Å². The fourth-order valence-corrected chi connectivity index (χ4v) is 3.18. The number of likely N-dealkylation sites (tertiary alicyclic amines) is 1. The number of hydrogen-bond acceptors (Lipinski definition) is 2. The summed E-state index contributed by atoms with van der Waals surface area (Å²) in [4.78, 5) is 14.1. The first-order valence-electron chi connectivity index (χ1n) is 6.87. The van der Waals surface area contributed by atoms with Crippen molar-refractivity contribution in [2.45, 2.75) is 26.2 Å². The lowest BCUT2D eigenvalue weighted by Crippen LogP contribution is -2.44. The molecule has 0 unspecified atom stereocenters. The van der Waals surface area contributed by atoms with Gasteiger partial charge in [0.1, 0.15) is 5.82 Å². The summed E-state index contributed by atoms with van der Waals surface area (Å²) in [6, 6.07) is 4.54. The maximum atomic E-state index is 13.8. The fraction of sp³-hybridized carbons (Fsp3) is 0.533. The molecule has 1 N–H and O–H groups in total. The monoisotopic (exact) mass is 343 g/mol. The summed E-state index contributed by atoms with van der Waals surface area (Å²) in [5, 5.41) is 9.50. The minimum atomic E-state index is -0.501. The highest BCUT2D eigenvalue weighted by Gasteiger charge is 2.35. The molecule has 0 atom stereocenters. The summed E-state index contributed by atoms with van der Waals surface area (Å²) >= 11 is 3.24. The first kappa shape index (κ1) is 15.4. The molecular weight excluding hydrogens is 325 g/mol. The van der Waals surface area contributed by atoms with Crippen molar-refractivity contribution in [1.82, 2.24) is 4.90 Å². The highest BCUT2D eigenvalue weighted by atomic mass is 79.9. The van der Waals surface area contributed by atoms with Crippen LogP contribution in [0.5, 0.6) is 0 Å². The maximum Gasteiger partial charge on any atom is 0.257 e. The summed E-state index contributed by atoms with van der Waals surface area (Å²) in [5.41, 5.74) is 0.0176. The van der Waals surface area contributed by atoms with Crippen molar-refractivity contribution in [3.63, 3.8) is 0 Å². The third-order valence-corrected chi connectivity index (χ3v) is 5.03. The number of hydrogen-bond donors (Lipinski definition) is 1. The van der Waals surface area contributed by atoms with E-state index in [0.717, 1.165) is 19.3 Å². The minimum absolute atomic E-state index is 0.0801. The maximum absolute atomic E-state index is 13.8. The van der Waals surface area contributed by atoms with Crippen LogP contribution in [0.2, 0.25) is 0 Å². The lowest BCUT2D eigenvalue weighted by atomic mass is 9.77. The van der Waals surface area contributed by atoms with Gasteiger partial charge in [0.15, 0.2) is 0 Å². The first-order valence-corrected chi connectivity index (χ1v) is 7.66. The second-order valence-corrected chi connectivity index (χ2v) is 6.25. The molecule has 20 heavy (non-hydrogen) atoms. The van der Waals surface area contributed by atoms with Gasteiger partial charge in [0.2, 0.25) is 0 Å².